The second kappa shape index (κ2) is 8.63. The highest BCUT2D eigenvalue weighted by Gasteiger charge is 2.16. The zero-order valence-electron chi connectivity index (χ0n) is 12.5. The molecule has 1 aliphatic rings. The summed E-state index contributed by atoms with van der Waals surface area (Å²) in [4.78, 5) is 23.4. The summed E-state index contributed by atoms with van der Waals surface area (Å²) in [5.41, 5.74) is 0.723. The van der Waals surface area contributed by atoms with Crippen LogP contribution in [0.3, 0.4) is 0 Å². The predicted octanol–water partition coefficient (Wildman–Crippen LogP) is 3.30. The number of carbonyl (C=O) groups is 2. The molecule has 0 aliphatic heterocycles. The van der Waals surface area contributed by atoms with Gasteiger partial charge in [0.2, 0.25) is 5.91 Å². The Hall–Kier alpha value is -1.75. The van der Waals surface area contributed by atoms with Crippen LogP contribution in [-0.4, -0.2) is 24.5 Å². The molecule has 5 nitrogen and oxygen atoms in total. The first-order valence-corrected chi connectivity index (χ1v) is 8.11. The number of amides is 3. The van der Waals surface area contributed by atoms with Gasteiger partial charge in [-0.25, -0.2) is 4.79 Å². The molecule has 6 heteroatoms. The number of nitrogens with one attached hydrogen (secondary N) is 3. The Bertz CT molecular complexity index is 499. The Kier molecular flexibility index (Phi) is 6.52. The van der Waals surface area contributed by atoms with E-state index in [1.807, 2.05) is 0 Å². The van der Waals surface area contributed by atoms with Gasteiger partial charge in [-0.2, -0.15) is 0 Å². The molecule has 3 amide bonds. The van der Waals surface area contributed by atoms with E-state index in [0.717, 1.165) is 18.5 Å². The fourth-order valence-electron chi connectivity index (χ4n) is 2.51. The first-order valence-electron chi connectivity index (χ1n) is 7.73. The molecule has 0 saturated heterocycles. The third-order valence-electron chi connectivity index (χ3n) is 3.68. The first-order chi connectivity index (χ1) is 10.6. The number of benzene rings is 1. The minimum absolute atomic E-state index is 0.0691. The van der Waals surface area contributed by atoms with Gasteiger partial charge in [-0.15, -0.1) is 0 Å². The highest BCUT2D eigenvalue weighted by atomic mass is 35.5. The number of anilines is 1. The minimum Gasteiger partial charge on any atom is -0.338 e. The molecule has 22 heavy (non-hydrogen) atoms. The highest BCUT2D eigenvalue weighted by molar-refractivity contribution is 6.30. The van der Waals surface area contributed by atoms with Crippen molar-refractivity contribution in [2.75, 3.05) is 11.9 Å². The second-order valence-electron chi connectivity index (χ2n) is 5.54. The smallest absolute Gasteiger partial charge is 0.315 e. The van der Waals surface area contributed by atoms with Gasteiger partial charge in [0.15, 0.2) is 0 Å². The lowest BCUT2D eigenvalue weighted by molar-refractivity contribution is -0.116. The molecule has 3 N–H and O–H groups in total. The molecule has 0 spiro atoms. The third kappa shape index (κ3) is 5.93. The SMILES string of the molecule is O=C(CCCNC(=O)NC1CCCC1)Nc1ccc(Cl)cc1. The van der Waals surface area contributed by atoms with E-state index in [0.29, 0.717) is 30.5 Å². The van der Waals surface area contributed by atoms with Crippen LogP contribution in [0.15, 0.2) is 24.3 Å². The Morgan fingerprint density at radius 1 is 1.14 bits per heavy atom. The Morgan fingerprint density at radius 2 is 1.82 bits per heavy atom. The van der Waals surface area contributed by atoms with Gasteiger partial charge in [-0.1, -0.05) is 24.4 Å². The number of hydrogen-bond donors (Lipinski definition) is 3. The monoisotopic (exact) mass is 323 g/mol. The second-order valence-corrected chi connectivity index (χ2v) is 5.98. The van der Waals surface area contributed by atoms with Gasteiger partial charge in [0.25, 0.3) is 0 Å². The molecule has 1 fully saturated rings. The lowest BCUT2D eigenvalue weighted by Crippen LogP contribution is -2.41. The van der Waals surface area contributed by atoms with Crippen LogP contribution in [0, 0.1) is 0 Å². The summed E-state index contributed by atoms with van der Waals surface area (Å²) in [6.45, 7) is 0.493. The van der Waals surface area contributed by atoms with Crippen molar-refractivity contribution in [3.8, 4) is 0 Å². The van der Waals surface area contributed by atoms with Crippen molar-refractivity contribution >= 4 is 29.2 Å². The standard InChI is InChI=1S/C16H22ClN3O2/c17-12-7-9-14(10-8-12)19-15(21)6-3-11-18-16(22)20-13-4-1-2-5-13/h7-10,13H,1-6,11H2,(H,19,21)(H2,18,20,22). The fraction of sp³-hybridized carbons (Fsp3) is 0.500. The average Bonchev–Trinajstić information content (AvgIpc) is 2.99. The van der Waals surface area contributed by atoms with Crippen LogP contribution in [0.4, 0.5) is 10.5 Å². The van der Waals surface area contributed by atoms with E-state index in [4.69, 9.17) is 11.6 Å². The molecule has 0 aromatic heterocycles. The molecule has 0 radical (unpaired) electrons. The zero-order chi connectivity index (χ0) is 15.8. The third-order valence-corrected chi connectivity index (χ3v) is 3.94. The molecule has 1 aromatic carbocycles. The molecule has 0 atom stereocenters. The van der Waals surface area contributed by atoms with Crippen molar-refractivity contribution in [2.24, 2.45) is 0 Å². The lowest BCUT2D eigenvalue weighted by atomic mass is 10.2. The van der Waals surface area contributed by atoms with Crippen LogP contribution in [0.1, 0.15) is 38.5 Å². The molecular formula is C16H22ClN3O2. The van der Waals surface area contributed by atoms with E-state index in [1.165, 1.54) is 12.8 Å². The number of halogens is 1. The van der Waals surface area contributed by atoms with Crippen LogP contribution in [0.25, 0.3) is 0 Å². The van der Waals surface area contributed by atoms with Crippen molar-refractivity contribution < 1.29 is 9.59 Å². The lowest BCUT2D eigenvalue weighted by Gasteiger charge is -2.12. The van der Waals surface area contributed by atoms with Crippen LogP contribution in [0.5, 0.6) is 0 Å². The van der Waals surface area contributed by atoms with Crippen LogP contribution < -0.4 is 16.0 Å². The number of rotatable bonds is 6. The summed E-state index contributed by atoms with van der Waals surface area (Å²) in [5, 5.41) is 9.16. The number of carbonyl (C=O) groups excluding carboxylic acids is 2. The van der Waals surface area contributed by atoms with E-state index in [9.17, 15) is 9.59 Å². The van der Waals surface area contributed by atoms with Gasteiger partial charge in [0, 0.05) is 29.7 Å². The Morgan fingerprint density at radius 3 is 2.50 bits per heavy atom. The summed E-state index contributed by atoms with van der Waals surface area (Å²) in [6, 6.07) is 7.15. The van der Waals surface area contributed by atoms with Gasteiger partial charge in [0.05, 0.1) is 0 Å². The molecule has 120 valence electrons. The predicted molar refractivity (Wildman–Crippen MR) is 88.1 cm³/mol. The summed E-state index contributed by atoms with van der Waals surface area (Å²) in [6.07, 6.45) is 5.49. The summed E-state index contributed by atoms with van der Waals surface area (Å²) >= 11 is 5.78. The molecular weight excluding hydrogens is 302 g/mol. The number of hydrogen-bond acceptors (Lipinski definition) is 2. The van der Waals surface area contributed by atoms with Crippen LogP contribution in [-0.2, 0) is 4.79 Å². The Labute approximate surface area is 135 Å². The fourth-order valence-corrected chi connectivity index (χ4v) is 2.64. The van der Waals surface area contributed by atoms with E-state index in [2.05, 4.69) is 16.0 Å². The molecule has 2 rings (SSSR count). The topological polar surface area (TPSA) is 70.2 Å². The van der Waals surface area contributed by atoms with Crippen LogP contribution >= 0.6 is 11.6 Å². The summed E-state index contributed by atoms with van der Waals surface area (Å²) in [5.74, 6) is -0.0691. The molecule has 1 saturated carbocycles. The van der Waals surface area contributed by atoms with Crippen molar-refractivity contribution in [1.29, 1.82) is 0 Å². The van der Waals surface area contributed by atoms with Crippen molar-refractivity contribution in [3.63, 3.8) is 0 Å². The van der Waals surface area contributed by atoms with Gasteiger partial charge in [0.1, 0.15) is 0 Å². The molecule has 0 bridgehead atoms. The molecule has 0 unspecified atom stereocenters. The van der Waals surface area contributed by atoms with Crippen molar-refractivity contribution in [1.82, 2.24) is 10.6 Å². The highest BCUT2D eigenvalue weighted by Crippen LogP contribution is 2.17. The van der Waals surface area contributed by atoms with Crippen molar-refractivity contribution in [3.05, 3.63) is 29.3 Å². The van der Waals surface area contributed by atoms with Gasteiger partial charge < -0.3 is 16.0 Å². The van der Waals surface area contributed by atoms with E-state index in [-0.39, 0.29) is 11.9 Å². The van der Waals surface area contributed by atoms with Gasteiger partial charge >= 0.3 is 6.03 Å². The largest absolute Gasteiger partial charge is 0.338 e. The molecule has 1 aromatic rings. The maximum Gasteiger partial charge on any atom is 0.315 e. The van der Waals surface area contributed by atoms with Crippen LogP contribution in [0.2, 0.25) is 5.02 Å². The maximum absolute atomic E-state index is 11.7. The first kappa shape index (κ1) is 16.6. The Balaban J connectivity index is 1.56. The molecule has 1 aliphatic carbocycles. The summed E-state index contributed by atoms with van der Waals surface area (Å²) in [7, 11) is 0. The van der Waals surface area contributed by atoms with E-state index >= 15 is 0 Å². The van der Waals surface area contributed by atoms with Gasteiger partial charge in [-0.3, -0.25) is 4.79 Å². The van der Waals surface area contributed by atoms with E-state index < -0.39 is 0 Å². The summed E-state index contributed by atoms with van der Waals surface area (Å²) < 4.78 is 0. The van der Waals surface area contributed by atoms with Gasteiger partial charge in [-0.05, 0) is 43.5 Å². The number of urea groups is 1. The molecule has 0 heterocycles. The van der Waals surface area contributed by atoms with Crippen molar-refractivity contribution in [2.45, 2.75) is 44.6 Å². The quantitative estimate of drug-likeness (QED) is 0.703. The minimum atomic E-state index is -0.134. The van der Waals surface area contributed by atoms with E-state index in [1.54, 1.807) is 24.3 Å². The normalized spacial score (nSPS) is 14.6. The average molecular weight is 324 g/mol. The maximum atomic E-state index is 11.7. The zero-order valence-corrected chi connectivity index (χ0v) is 13.3.